The number of hydrogen-bond donors (Lipinski definition) is 3. The Morgan fingerprint density at radius 3 is 3.12 bits per heavy atom. The van der Waals surface area contributed by atoms with E-state index in [0.717, 1.165) is 0 Å². The average molecular weight is 244 g/mol. The van der Waals surface area contributed by atoms with Gasteiger partial charge in [-0.1, -0.05) is 0 Å². The van der Waals surface area contributed by atoms with Crippen molar-refractivity contribution in [1.82, 2.24) is 19.5 Å². The first-order valence-corrected chi connectivity index (χ1v) is 5.10. The van der Waals surface area contributed by atoms with Gasteiger partial charge in [-0.05, 0) is 0 Å². The van der Waals surface area contributed by atoms with Gasteiger partial charge in [0.2, 0.25) is 5.95 Å². The number of fused-ring (bicyclic) bond motifs is 1. The summed E-state index contributed by atoms with van der Waals surface area (Å²) in [5, 5.41) is 9.40. The van der Waals surface area contributed by atoms with E-state index >= 15 is 0 Å². The quantitative estimate of drug-likeness (QED) is 0.618. The van der Waals surface area contributed by atoms with Crippen LogP contribution in [0.3, 0.4) is 0 Å². The fourth-order valence-corrected chi connectivity index (χ4v) is 1.51. The highest BCUT2D eigenvalue weighted by Gasteiger charge is 2.11. The van der Waals surface area contributed by atoms with Crippen LogP contribution in [0.25, 0.3) is 11.2 Å². The van der Waals surface area contributed by atoms with Gasteiger partial charge >= 0.3 is 0 Å². The van der Waals surface area contributed by atoms with Crippen molar-refractivity contribution >= 4 is 28.7 Å². The zero-order chi connectivity index (χ0) is 11.7. The summed E-state index contributed by atoms with van der Waals surface area (Å²) >= 11 is 5.48. The number of halogens is 1. The second-order valence-corrected chi connectivity index (χ2v) is 3.64. The van der Waals surface area contributed by atoms with E-state index in [9.17, 15) is 9.90 Å². The maximum absolute atomic E-state index is 11.6. The zero-order valence-corrected chi connectivity index (χ0v) is 8.98. The first kappa shape index (κ1) is 10.9. The number of nitrogens with one attached hydrogen (secondary N) is 1. The second-order valence-electron chi connectivity index (χ2n) is 3.33. The van der Waals surface area contributed by atoms with Crippen LogP contribution >= 0.6 is 11.6 Å². The first-order valence-electron chi connectivity index (χ1n) is 4.56. The van der Waals surface area contributed by atoms with E-state index in [1.165, 1.54) is 10.9 Å². The van der Waals surface area contributed by atoms with Crippen LogP contribution in [0.1, 0.15) is 0 Å². The van der Waals surface area contributed by atoms with Gasteiger partial charge in [-0.2, -0.15) is 4.98 Å². The van der Waals surface area contributed by atoms with Crippen molar-refractivity contribution in [3.63, 3.8) is 0 Å². The van der Waals surface area contributed by atoms with Gasteiger partial charge in [0.1, 0.15) is 0 Å². The van der Waals surface area contributed by atoms with Crippen molar-refractivity contribution in [3.05, 3.63) is 16.7 Å². The van der Waals surface area contributed by atoms with Gasteiger partial charge in [-0.3, -0.25) is 9.78 Å². The summed E-state index contributed by atoms with van der Waals surface area (Å²) in [6, 6.07) is 0. The van der Waals surface area contributed by atoms with Crippen LogP contribution in [-0.4, -0.2) is 36.6 Å². The van der Waals surface area contributed by atoms with Crippen LogP contribution < -0.4 is 11.3 Å². The van der Waals surface area contributed by atoms with Crippen molar-refractivity contribution in [2.45, 2.75) is 12.6 Å². The van der Waals surface area contributed by atoms with Crippen LogP contribution in [-0.2, 0) is 6.54 Å². The molecule has 0 bridgehead atoms. The van der Waals surface area contributed by atoms with Gasteiger partial charge in [0.25, 0.3) is 5.56 Å². The fourth-order valence-electron chi connectivity index (χ4n) is 1.42. The van der Waals surface area contributed by atoms with Crippen LogP contribution in [0.15, 0.2) is 11.1 Å². The number of aromatic nitrogens is 4. The van der Waals surface area contributed by atoms with E-state index in [1.807, 2.05) is 0 Å². The van der Waals surface area contributed by atoms with E-state index in [-0.39, 0.29) is 35.1 Å². The molecule has 2 aromatic rings. The molecule has 0 unspecified atom stereocenters. The number of imidazole rings is 1. The summed E-state index contributed by atoms with van der Waals surface area (Å²) in [7, 11) is 0. The molecule has 0 radical (unpaired) electrons. The highest BCUT2D eigenvalue weighted by molar-refractivity contribution is 6.18. The van der Waals surface area contributed by atoms with Gasteiger partial charge in [0.15, 0.2) is 11.2 Å². The lowest BCUT2D eigenvalue weighted by atomic mass is 10.4. The lowest BCUT2D eigenvalue weighted by molar-refractivity contribution is 0.178. The summed E-state index contributed by atoms with van der Waals surface area (Å²) < 4.78 is 1.49. The SMILES string of the molecule is Nc1nc2ncn(C[C@@H](O)CCl)c2c(=O)[nH]1. The van der Waals surface area contributed by atoms with Gasteiger partial charge in [-0.15, -0.1) is 11.6 Å². The molecule has 1 atom stereocenters. The Labute approximate surface area is 94.9 Å². The summed E-state index contributed by atoms with van der Waals surface area (Å²) in [5.74, 6) is 0.0978. The molecule has 0 spiro atoms. The minimum Gasteiger partial charge on any atom is -0.390 e. The van der Waals surface area contributed by atoms with Gasteiger partial charge < -0.3 is 15.4 Å². The third-order valence-electron chi connectivity index (χ3n) is 2.09. The zero-order valence-electron chi connectivity index (χ0n) is 8.22. The van der Waals surface area contributed by atoms with E-state index in [4.69, 9.17) is 17.3 Å². The molecule has 8 heteroatoms. The van der Waals surface area contributed by atoms with Gasteiger partial charge in [0.05, 0.1) is 24.9 Å². The van der Waals surface area contributed by atoms with Crippen molar-refractivity contribution in [2.24, 2.45) is 0 Å². The molecule has 2 aromatic heterocycles. The molecular weight excluding hydrogens is 234 g/mol. The molecule has 16 heavy (non-hydrogen) atoms. The Morgan fingerprint density at radius 2 is 2.44 bits per heavy atom. The van der Waals surface area contributed by atoms with Gasteiger partial charge in [-0.25, -0.2) is 4.98 Å². The number of aliphatic hydroxyl groups is 1. The number of rotatable bonds is 3. The van der Waals surface area contributed by atoms with Crippen LogP contribution in [0.5, 0.6) is 0 Å². The minimum atomic E-state index is -0.740. The van der Waals surface area contributed by atoms with E-state index < -0.39 is 6.10 Å². The minimum absolute atomic E-state index is 0.0145. The number of aliphatic hydroxyl groups excluding tert-OH is 1. The number of hydrogen-bond acceptors (Lipinski definition) is 5. The number of H-pyrrole nitrogens is 1. The molecule has 4 N–H and O–H groups in total. The second kappa shape index (κ2) is 4.11. The van der Waals surface area contributed by atoms with Crippen molar-refractivity contribution in [1.29, 1.82) is 0 Å². The fraction of sp³-hybridized carbons (Fsp3) is 0.375. The molecule has 7 nitrogen and oxygen atoms in total. The Kier molecular flexibility index (Phi) is 2.80. The molecule has 0 fully saturated rings. The summed E-state index contributed by atoms with van der Waals surface area (Å²) in [5.41, 5.74) is 5.52. The standard InChI is InChI=1S/C8H10ClN5O2/c9-1-4(15)2-14-3-11-6-5(14)7(16)13-8(10)12-6/h3-4,15H,1-2H2,(H3,10,12,13,16)/t4-/m0/s1. The molecule has 2 heterocycles. The number of nitrogens with two attached hydrogens (primary N) is 1. The molecule has 0 aliphatic carbocycles. The predicted octanol–water partition coefficient (Wildman–Crippen LogP) is -0.699. The number of nitrogen functional groups attached to an aromatic ring is 1. The molecule has 0 aliphatic heterocycles. The molecule has 0 saturated carbocycles. The molecule has 0 aromatic carbocycles. The molecular formula is C8H10ClN5O2. The molecule has 86 valence electrons. The van der Waals surface area contributed by atoms with E-state index in [0.29, 0.717) is 0 Å². The summed E-state index contributed by atoms with van der Waals surface area (Å²) in [6.07, 6.45) is 0.679. The summed E-state index contributed by atoms with van der Waals surface area (Å²) in [6.45, 7) is 0.189. The van der Waals surface area contributed by atoms with E-state index in [1.54, 1.807) is 0 Å². The normalized spacial score (nSPS) is 13.1. The number of anilines is 1. The lowest BCUT2D eigenvalue weighted by Gasteiger charge is -2.07. The monoisotopic (exact) mass is 243 g/mol. The van der Waals surface area contributed by atoms with Crippen LogP contribution in [0, 0.1) is 0 Å². The topological polar surface area (TPSA) is 110 Å². The molecule has 0 saturated heterocycles. The third-order valence-corrected chi connectivity index (χ3v) is 2.44. The maximum atomic E-state index is 11.6. The van der Waals surface area contributed by atoms with Crippen molar-refractivity contribution in [2.75, 3.05) is 11.6 Å². The highest BCUT2D eigenvalue weighted by Crippen LogP contribution is 2.07. The lowest BCUT2D eigenvalue weighted by Crippen LogP contribution is -2.20. The van der Waals surface area contributed by atoms with Crippen LogP contribution in [0.4, 0.5) is 5.95 Å². The maximum Gasteiger partial charge on any atom is 0.278 e. The predicted molar refractivity (Wildman–Crippen MR) is 59.3 cm³/mol. The van der Waals surface area contributed by atoms with Gasteiger partial charge in [0, 0.05) is 0 Å². The third kappa shape index (κ3) is 1.86. The average Bonchev–Trinajstić information content (AvgIpc) is 2.61. The molecule has 0 amide bonds. The van der Waals surface area contributed by atoms with Crippen molar-refractivity contribution < 1.29 is 5.11 Å². The first-order chi connectivity index (χ1) is 7.61. The molecule has 2 rings (SSSR count). The Bertz CT molecular complexity index is 563. The summed E-state index contributed by atoms with van der Waals surface area (Å²) in [4.78, 5) is 21.8. The number of aromatic amines is 1. The number of nitrogens with zero attached hydrogens (tertiary/aromatic N) is 3. The smallest absolute Gasteiger partial charge is 0.278 e. The number of alkyl halides is 1. The van der Waals surface area contributed by atoms with Crippen molar-refractivity contribution in [3.8, 4) is 0 Å². The highest BCUT2D eigenvalue weighted by atomic mass is 35.5. The van der Waals surface area contributed by atoms with E-state index in [2.05, 4.69) is 15.0 Å². The Balaban J connectivity index is 2.52. The molecule has 0 aliphatic rings. The van der Waals surface area contributed by atoms with Crippen LogP contribution in [0.2, 0.25) is 0 Å². The Morgan fingerprint density at radius 1 is 1.69 bits per heavy atom. The largest absolute Gasteiger partial charge is 0.390 e. The Hall–Kier alpha value is -1.60.